The lowest BCUT2D eigenvalue weighted by atomic mass is 9.95. The Kier molecular flexibility index (Phi) is 5.84. The van der Waals surface area contributed by atoms with E-state index in [4.69, 9.17) is 9.47 Å². The van der Waals surface area contributed by atoms with Crippen LogP contribution in [-0.4, -0.2) is 56.1 Å². The zero-order valence-electron chi connectivity index (χ0n) is 15.7. The molecule has 0 spiro atoms. The van der Waals surface area contributed by atoms with E-state index < -0.39 is 0 Å². The van der Waals surface area contributed by atoms with Crippen molar-refractivity contribution in [3.8, 4) is 11.5 Å². The van der Waals surface area contributed by atoms with Gasteiger partial charge >= 0.3 is 0 Å². The van der Waals surface area contributed by atoms with Gasteiger partial charge in [-0.3, -0.25) is 9.69 Å². The summed E-state index contributed by atoms with van der Waals surface area (Å²) in [5.41, 5.74) is 1.27. The van der Waals surface area contributed by atoms with E-state index in [1.807, 2.05) is 17.0 Å². The van der Waals surface area contributed by atoms with Gasteiger partial charge in [0.25, 0.3) is 0 Å². The molecule has 2 saturated heterocycles. The molecule has 1 amide bonds. The van der Waals surface area contributed by atoms with Gasteiger partial charge in [-0.25, -0.2) is 0 Å². The van der Waals surface area contributed by atoms with Crippen LogP contribution in [0.3, 0.4) is 0 Å². The van der Waals surface area contributed by atoms with E-state index in [0.717, 1.165) is 50.5 Å². The molecule has 0 radical (unpaired) electrons. The highest BCUT2D eigenvalue weighted by molar-refractivity contribution is 5.73. The molecule has 1 aromatic rings. The Morgan fingerprint density at radius 3 is 2.52 bits per heavy atom. The van der Waals surface area contributed by atoms with E-state index in [9.17, 15) is 4.79 Å². The highest BCUT2D eigenvalue weighted by Gasteiger charge is 2.31. The SMILES string of the molecule is COc1ccc([C@@H]2CCCN2CC2CCN(C(C)=O)CC2)c(OC)c1. The fourth-order valence-electron chi connectivity index (χ4n) is 4.25. The molecule has 0 saturated carbocycles. The molecule has 1 aromatic carbocycles. The van der Waals surface area contributed by atoms with Crippen molar-refractivity contribution in [2.24, 2.45) is 5.92 Å². The van der Waals surface area contributed by atoms with Crippen molar-refractivity contribution in [3.05, 3.63) is 23.8 Å². The lowest BCUT2D eigenvalue weighted by Gasteiger charge is -2.35. The second-order valence-corrected chi connectivity index (χ2v) is 7.21. The average molecular weight is 346 g/mol. The highest BCUT2D eigenvalue weighted by atomic mass is 16.5. The third-order valence-electron chi connectivity index (χ3n) is 5.72. The molecule has 0 bridgehead atoms. The summed E-state index contributed by atoms with van der Waals surface area (Å²) in [6.45, 7) is 5.75. The first kappa shape index (κ1) is 18.1. The standard InChI is InChI=1S/C20H30N2O3/c1-15(23)21-11-8-16(9-12-21)14-22-10-4-5-19(22)18-7-6-17(24-2)13-20(18)25-3/h6-7,13,16,19H,4-5,8-12,14H2,1-3H3/t19-/m0/s1. The maximum absolute atomic E-state index is 11.5. The van der Waals surface area contributed by atoms with E-state index >= 15 is 0 Å². The summed E-state index contributed by atoms with van der Waals surface area (Å²) >= 11 is 0. The molecular weight excluding hydrogens is 316 g/mol. The summed E-state index contributed by atoms with van der Waals surface area (Å²) < 4.78 is 11.0. The van der Waals surface area contributed by atoms with Crippen molar-refractivity contribution in [3.63, 3.8) is 0 Å². The number of benzene rings is 1. The van der Waals surface area contributed by atoms with Crippen LogP contribution in [0.5, 0.6) is 11.5 Å². The topological polar surface area (TPSA) is 42.0 Å². The van der Waals surface area contributed by atoms with Crippen molar-refractivity contribution in [2.75, 3.05) is 40.4 Å². The van der Waals surface area contributed by atoms with Gasteiger partial charge in [-0.2, -0.15) is 0 Å². The van der Waals surface area contributed by atoms with Gasteiger partial charge in [-0.1, -0.05) is 6.07 Å². The molecule has 1 atom stereocenters. The van der Waals surface area contributed by atoms with E-state index in [1.54, 1.807) is 21.1 Å². The fourth-order valence-corrected chi connectivity index (χ4v) is 4.25. The number of hydrogen-bond acceptors (Lipinski definition) is 4. The maximum atomic E-state index is 11.5. The summed E-state index contributed by atoms with van der Waals surface area (Å²) in [4.78, 5) is 16.1. The average Bonchev–Trinajstić information content (AvgIpc) is 3.09. The molecule has 0 N–H and O–H groups in total. The number of carbonyl (C=O) groups excluding carboxylic acids is 1. The quantitative estimate of drug-likeness (QED) is 0.822. The predicted octanol–water partition coefficient (Wildman–Crippen LogP) is 3.10. The van der Waals surface area contributed by atoms with Gasteiger partial charge < -0.3 is 14.4 Å². The molecule has 0 aliphatic carbocycles. The number of carbonyl (C=O) groups is 1. The molecule has 2 fully saturated rings. The Bertz CT molecular complexity index is 597. The van der Waals surface area contributed by atoms with Gasteiger partial charge in [0.15, 0.2) is 0 Å². The van der Waals surface area contributed by atoms with Crippen molar-refractivity contribution in [2.45, 2.75) is 38.6 Å². The van der Waals surface area contributed by atoms with E-state index in [1.165, 1.54) is 18.4 Å². The number of ether oxygens (including phenoxy) is 2. The first-order valence-electron chi connectivity index (χ1n) is 9.34. The zero-order valence-corrected chi connectivity index (χ0v) is 15.7. The molecule has 0 aromatic heterocycles. The summed E-state index contributed by atoms with van der Waals surface area (Å²) in [5, 5.41) is 0. The van der Waals surface area contributed by atoms with Gasteiger partial charge in [0.1, 0.15) is 11.5 Å². The summed E-state index contributed by atoms with van der Waals surface area (Å²) in [5.74, 6) is 2.64. The summed E-state index contributed by atoms with van der Waals surface area (Å²) in [6.07, 6.45) is 4.63. The molecule has 5 heteroatoms. The number of hydrogen-bond donors (Lipinski definition) is 0. The predicted molar refractivity (Wildman–Crippen MR) is 98.1 cm³/mol. The van der Waals surface area contributed by atoms with Crippen LogP contribution >= 0.6 is 0 Å². The van der Waals surface area contributed by atoms with Crippen LogP contribution in [0.25, 0.3) is 0 Å². The maximum Gasteiger partial charge on any atom is 0.219 e. The van der Waals surface area contributed by atoms with Crippen LogP contribution in [0.15, 0.2) is 18.2 Å². The van der Waals surface area contributed by atoms with Crippen LogP contribution in [-0.2, 0) is 4.79 Å². The molecule has 25 heavy (non-hydrogen) atoms. The van der Waals surface area contributed by atoms with Crippen molar-refractivity contribution >= 4 is 5.91 Å². The normalized spacial score (nSPS) is 22.2. The Morgan fingerprint density at radius 2 is 1.88 bits per heavy atom. The first-order valence-corrected chi connectivity index (χ1v) is 9.34. The van der Waals surface area contributed by atoms with E-state index in [0.29, 0.717) is 12.0 Å². The number of amides is 1. The van der Waals surface area contributed by atoms with Crippen LogP contribution < -0.4 is 9.47 Å². The number of methoxy groups -OCH3 is 2. The molecule has 2 heterocycles. The molecule has 3 rings (SSSR count). The zero-order chi connectivity index (χ0) is 17.8. The molecule has 2 aliphatic rings. The number of likely N-dealkylation sites (tertiary alicyclic amines) is 2. The van der Waals surface area contributed by atoms with Gasteiger partial charge in [0.2, 0.25) is 5.91 Å². The van der Waals surface area contributed by atoms with Crippen molar-refractivity contribution < 1.29 is 14.3 Å². The molecule has 2 aliphatic heterocycles. The lowest BCUT2D eigenvalue weighted by Crippen LogP contribution is -2.40. The van der Waals surface area contributed by atoms with Crippen LogP contribution in [0, 0.1) is 5.92 Å². The molecule has 5 nitrogen and oxygen atoms in total. The molecule has 138 valence electrons. The summed E-state index contributed by atoms with van der Waals surface area (Å²) in [7, 11) is 3.42. The van der Waals surface area contributed by atoms with Gasteiger partial charge in [0.05, 0.1) is 14.2 Å². The van der Waals surface area contributed by atoms with E-state index in [-0.39, 0.29) is 5.91 Å². The number of nitrogens with zero attached hydrogens (tertiary/aromatic N) is 2. The largest absolute Gasteiger partial charge is 0.497 e. The lowest BCUT2D eigenvalue weighted by molar-refractivity contribution is -0.130. The van der Waals surface area contributed by atoms with Gasteiger partial charge in [0, 0.05) is 44.2 Å². The fraction of sp³-hybridized carbons (Fsp3) is 0.650. The first-order chi connectivity index (χ1) is 12.1. The molecular formula is C20H30N2O3. The Morgan fingerprint density at radius 1 is 1.12 bits per heavy atom. The monoisotopic (exact) mass is 346 g/mol. The minimum Gasteiger partial charge on any atom is -0.497 e. The third kappa shape index (κ3) is 4.09. The second-order valence-electron chi connectivity index (χ2n) is 7.21. The smallest absolute Gasteiger partial charge is 0.219 e. The minimum atomic E-state index is 0.209. The van der Waals surface area contributed by atoms with Crippen molar-refractivity contribution in [1.29, 1.82) is 0 Å². The number of rotatable bonds is 5. The molecule has 0 unspecified atom stereocenters. The Balaban J connectivity index is 1.66. The third-order valence-corrected chi connectivity index (χ3v) is 5.72. The Hall–Kier alpha value is -1.75. The van der Waals surface area contributed by atoms with Crippen LogP contribution in [0.2, 0.25) is 0 Å². The van der Waals surface area contributed by atoms with E-state index in [2.05, 4.69) is 11.0 Å². The summed E-state index contributed by atoms with van der Waals surface area (Å²) in [6, 6.07) is 6.59. The second kappa shape index (κ2) is 8.09. The highest BCUT2D eigenvalue weighted by Crippen LogP contribution is 2.39. The van der Waals surface area contributed by atoms with Gasteiger partial charge in [-0.05, 0) is 44.2 Å². The van der Waals surface area contributed by atoms with Crippen molar-refractivity contribution in [1.82, 2.24) is 9.80 Å². The van der Waals surface area contributed by atoms with Gasteiger partial charge in [-0.15, -0.1) is 0 Å². The minimum absolute atomic E-state index is 0.209. The van der Waals surface area contributed by atoms with Crippen LogP contribution in [0.1, 0.15) is 44.2 Å². The van der Waals surface area contributed by atoms with Crippen LogP contribution in [0.4, 0.5) is 0 Å². The number of piperidine rings is 1. The Labute approximate surface area is 150 Å².